The van der Waals surface area contributed by atoms with Crippen molar-refractivity contribution in [3.05, 3.63) is 28.4 Å². The predicted molar refractivity (Wildman–Crippen MR) is 65.2 cm³/mol. The topological polar surface area (TPSA) is 88.4 Å². The third kappa shape index (κ3) is 2.73. The van der Waals surface area contributed by atoms with Gasteiger partial charge in [-0.1, -0.05) is 0 Å². The summed E-state index contributed by atoms with van der Waals surface area (Å²) in [5.74, 6) is 0.734. The van der Waals surface area contributed by atoms with Gasteiger partial charge in [0.15, 0.2) is 0 Å². The van der Waals surface area contributed by atoms with Gasteiger partial charge in [-0.25, -0.2) is 4.98 Å². The number of nitrogens with zero attached hydrogens (tertiary/aromatic N) is 3. The van der Waals surface area contributed by atoms with Crippen molar-refractivity contribution in [2.75, 3.05) is 18.9 Å². The molecule has 1 saturated heterocycles. The molecule has 7 heteroatoms. The van der Waals surface area contributed by atoms with Crippen LogP contribution >= 0.6 is 0 Å². The Morgan fingerprint density at radius 3 is 2.89 bits per heavy atom. The van der Waals surface area contributed by atoms with Crippen LogP contribution in [0.25, 0.3) is 0 Å². The summed E-state index contributed by atoms with van der Waals surface area (Å²) < 4.78 is 0. The van der Waals surface area contributed by atoms with Crippen LogP contribution in [0.5, 0.6) is 0 Å². The van der Waals surface area contributed by atoms with Gasteiger partial charge in [0.1, 0.15) is 12.0 Å². The first-order valence-corrected chi connectivity index (χ1v) is 5.67. The monoisotopic (exact) mass is 250 g/mol. The van der Waals surface area contributed by atoms with Crippen LogP contribution in [0.15, 0.2) is 18.3 Å². The van der Waals surface area contributed by atoms with E-state index in [-0.39, 0.29) is 17.6 Å². The molecule has 18 heavy (non-hydrogen) atoms. The maximum absolute atomic E-state index is 11.3. The molecule has 1 fully saturated rings. The van der Waals surface area contributed by atoms with Crippen molar-refractivity contribution in [2.24, 2.45) is 0 Å². The van der Waals surface area contributed by atoms with Crippen LogP contribution in [0.1, 0.15) is 12.8 Å². The molecular weight excluding hydrogens is 236 g/mol. The minimum Gasteiger partial charge on any atom is -0.366 e. The van der Waals surface area contributed by atoms with Crippen molar-refractivity contribution >= 4 is 17.4 Å². The van der Waals surface area contributed by atoms with Crippen molar-refractivity contribution in [1.29, 1.82) is 0 Å². The Labute approximate surface area is 104 Å². The molecule has 0 bridgehead atoms. The molecular formula is C11H14N4O3. The van der Waals surface area contributed by atoms with Crippen molar-refractivity contribution in [1.82, 2.24) is 9.88 Å². The Morgan fingerprint density at radius 2 is 2.33 bits per heavy atom. The van der Waals surface area contributed by atoms with Gasteiger partial charge in [-0.05, 0) is 12.5 Å². The highest BCUT2D eigenvalue weighted by Crippen LogP contribution is 2.16. The molecule has 0 spiro atoms. The Kier molecular flexibility index (Phi) is 3.40. The SMILES string of the molecule is CN1CC(Nc2ccc([N+](=O)[O-])cn2)CCC1=O. The summed E-state index contributed by atoms with van der Waals surface area (Å²) in [6.07, 6.45) is 2.49. The first-order chi connectivity index (χ1) is 8.56. The molecule has 0 aromatic carbocycles. The summed E-state index contributed by atoms with van der Waals surface area (Å²) in [7, 11) is 1.76. The van der Waals surface area contributed by atoms with Gasteiger partial charge >= 0.3 is 0 Å². The number of likely N-dealkylation sites (N-methyl/N-ethyl adjacent to an activating group) is 1. The quantitative estimate of drug-likeness (QED) is 0.639. The summed E-state index contributed by atoms with van der Waals surface area (Å²) in [6, 6.07) is 3.13. The van der Waals surface area contributed by atoms with Gasteiger partial charge in [0.05, 0.1) is 4.92 Å². The number of carbonyl (C=O) groups excluding carboxylic acids is 1. The lowest BCUT2D eigenvalue weighted by atomic mass is 10.1. The number of pyridine rings is 1. The van der Waals surface area contributed by atoms with Gasteiger partial charge in [-0.15, -0.1) is 0 Å². The highest BCUT2D eigenvalue weighted by atomic mass is 16.6. The Balaban J connectivity index is 1.97. The second-order valence-corrected chi connectivity index (χ2v) is 4.31. The predicted octanol–water partition coefficient (Wildman–Crippen LogP) is 1.02. The number of anilines is 1. The maximum atomic E-state index is 11.3. The average Bonchev–Trinajstić information content (AvgIpc) is 2.34. The molecule has 2 heterocycles. The molecule has 1 unspecified atom stereocenters. The average molecular weight is 250 g/mol. The lowest BCUT2D eigenvalue weighted by Crippen LogP contribution is -2.43. The highest BCUT2D eigenvalue weighted by Gasteiger charge is 2.22. The number of nitrogens with one attached hydrogen (secondary N) is 1. The standard InChI is InChI=1S/C11H14N4O3/c1-14-7-8(2-5-11(14)16)13-10-4-3-9(6-12-10)15(17)18/h3-4,6,8H,2,5,7H2,1H3,(H,12,13). The van der Waals surface area contributed by atoms with E-state index in [1.807, 2.05) is 0 Å². The molecule has 1 amide bonds. The zero-order valence-electron chi connectivity index (χ0n) is 10.00. The van der Waals surface area contributed by atoms with E-state index in [9.17, 15) is 14.9 Å². The van der Waals surface area contributed by atoms with E-state index in [0.29, 0.717) is 18.8 Å². The van der Waals surface area contributed by atoms with E-state index in [1.165, 1.54) is 12.3 Å². The molecule has 1 aromatic heterocycles. The van der Waals surface area contributed by atoms with E-state index < -0.39 is 4.92 Å². The summed E-state index contributed by atoms with van der Waals surface area (Å²) in [5.41, 5.74) is -0.0310. The van der Waals surface area contributed by atoms with Crippen LogP contribution < -0.4 is 5.32 Å². The van der Waals surface area contributed by atoms with Crippen LogP contribution in [0.3, 0.4) is 0 Å². The lowest BCUT2D eigenvalue weighted by Gasteiger charge is -2.30. The summed E-state index contributed by atoms with van der Waals surface area (Å²) >= 11 is 0. The third-order valence-electron chi connectivity index (χ3n) is 2.94. The lowest BCUT2D eigenvalue weighted by molar-refractivity contribution is -0.385. The number of aromatic nitrogens is 1. The number of nitro groups is 1. The van der Waals surface area contributed by atoms with E-state index in [1.54, 1.807) is 18.0 Å². The fourth-order valence-corrected chi connectivity index (χ4v) is 1.92. The molecule has 1 N–H and O–H groups in total. The number of hydrogen-bond donors (Lipinski definition) is 1. The van der Waals surface area contributed by atoms with Crippen LogP contribution in [0.2, 0.25) is 0 Å². The van der Waals surface area contributed by atoms with Crippen molar-refractivity contribution in [2.45, 2.75) is 18.9 Å². The van der Waals surface area contributed by atoms with Gasteiger partial charge in [-0.2, -0.15) is 0 Å². The van der Waals surface area contributed by atoms with E-state index >= 15 is 0 Å². The van der Waals surface area contributed by atoms with Gasteiger partial charge in [0.2, 0.25) is 5.91 Å². The van der Waals surface area contributed by atoms with E-state index in [0.717, 1.165) is 6.42 Å². The molecule has 2 rings (SSSR count). The first kappa shape index (κ1) is 12.3. The van der Waals surface area contributed by atoms with Gasteiger partial charge in [0, 0.05) is 32.1 Å². The molecule has 7 nitrogen and oxygen atoms in total. The molecule has 96 valence electrons. The summed E-state index contributed by atoms with van der Waals surface area (Å²) in [6.45, 7) is 0.623. The van der Waals surface area contributed by atoms with Gasteiger partial charge in [-0.3, -0.25) is 14.9 Å². The third-order valence-corrected chi connectivity index (χ3v) is 2.94. The molecule has 1 aliphatic rings. The van der Waals surface area contributed by atoms with Crippen LogP contribution in [0.4, 0.5) is 11.5 Å². The molecule has 1 aromatic rings. The number of likely N-dealkylation sites (tertiary alicyclic amines) is 1. The minimum atomic E-state index is -0.482. The van der Waals surface area contributed by atoms with Gasteiger partial charge < -0.3 is 10.2 Å². The zero-order chi connectivity index (χ0) is 13.1. The van der Waals surface area contributed by atoms with E-state index in [2.05, 4.69) is 10.3 Å². The molecule has 0 aliphatic carbocycles. The molecule has 0 radical (unpaired) electrons. The Bertz CT molecular complexity index is 460. The van der Waals surface area contributed by atoms with Crippen LogP contribution in [0, 0.1) is 10.1 Å². The van der Waals surface area contributed by atoms with Crippen molar-refractivity contribution in [3.8, 4) is 0 Å². The largest absolute Gasteiger partial charge is 0.366 e. The minimum absolute atomic E-state index is 0.0310. The molecule has 0 saturated carbocycles. The smallest absolute Gasteiger partial charge is 0.287 e. The Hall–Kier alpha value is -2.18. The zero-order valence-corrected chi connectivity index (χ0v) is 10.00. The second-order valence-electron chi connectivity index (χ2n) is 4.31. The number of piperidine rings is 1. The molecule has 1 atom stereocenters. The second kappa shape index (κ2) is 4.99. The molecule has 1 aliphatic heterocycles. The number of amides is 1. The van der Waals surface area contributed by atoms with Gasteiger partial charge in [0.25, 0.3) is 5.69 Å². The van der Waals surface area contributed by atoms with E-state index in [4.69, 9.17) is 0 Å². The first-order valence-electron chi connectivity index (χ1n) is 5.67. The Morgan fingerprint density at radius 1 is 1.56 bits per heavy atom. The van der Waals surface area contributed by atoms with Crippen LogP contribution in [-0.4, -0.2) is 40.3 Å². The number of hydrogen-bond acceptors (Lipinski definition) is 5. The fourth-order valence-electron chi connectivity index (χ4n) is 1.92. The summed E-state index contributed by atoms with van der Waals surface area (Å²) in [4.78, 5) is 27.0. The maximum Gasteiger partial charge on any atom is 0.287 e. The van der Waals surface area contributed by atoms with Crippen molar-refractivity contribution < 1.29 is 9.72 Å². The highest BCUT2D eigenvalue weighted by molar-refractivity contribution is 5.77. The number of carbonyl (C=O) groups is 1. The normalized spacial score (nSPS) is 19.7. The number of rotatable bonds is 3. The fraction of sp³-hybridized carbons (Fsp3) is 0.455. The van der Waals surface area contributed by atoms with Crippen molar-refractivity contribution in [3.63, 3.8) is 0 Å². The summed E-state index contributed by atoms with van der Waals surface area (Å²) in [5, 5.41) is 13.7. The van der Waals surface area contributed by atoms with Crippen LogP contribution in [-0.2, 0) is 4.79 Å².